The first-order chi connectivity index (χ1) is 18.3. The van der Waals surface area contributed by atoms with Crippen molar-refractivity contribution in [1.82, 2.24) is 0 Å². The highest BCUT2D eigenvalue weighted by molar-refractivity contribution is 6.20. The van der Waals surface area contributed by atoms with Crippen LogP contribution >= 0.6 is 0 Å². The van der Waals surface area contributed by atoms with Gasteiger partial charge in [-0.1, -0.05) is 0 Å². The minimum Gasteiger partial charge on any atom is -0.497 e. The van der Waals surface area contributed by atoms with E-state index in [1.165, 1.54) is 26.4 Å². The molecular formula is C28H24O10. The predicted octanol–water partition coefficient (Wildman–Crippen LogP) is 2.35. The highest BCUT2D eigenvalue weighted by Gasteiger charge is 2.88. The first kappa shape index (κ1) is 25.1. The summed E-state index contributed by atoms with van der Waals surface area (Å²) in [4.78, 5) is 53.6. The van der Waals surface area contributed by atoms with Crippen molar-refractivity contribution >= 4 is 35.0 Å². The summed E-state index contributed by atoms with van der Waals surface area (Å²) in [5.41, 5.74) is -3.21. The van der Waals surface area contributed by atoms with Gasteiger partial charge in [-0.3, -0.25) is 19.2 Å². The van der Waals surface area contributed by atoms with Gasteiger partial charge in [0.1, 0.15) is 23.0 Å². The van der Waals surface area contributed by atoms with Gasteiger partial charge >= 0.3 is 11.9 Å². The molecule has 3 aliphatic rings. The first-order valence-electron chi connectivity index (χ1n) is 11.6. The molecule has 0 bridgehead atoms. The largest absolute Gasteiger partial charge is 0.497 e. The van der Waals surface area contributed by atoms with Crippen molar-refractivity contribution in [3.8, 4) is 11.5 Å². The van der Waals surface area contributed by atoms with E-state index in [2.05, 4.69) is 0 Å². The van der Waals surface area contributed by atoms with E-state index in [0.717, 1.165) is 14.2 Å². The fourth-order valence-electron chi connectivity index (χ4n) is 5.40. The van der Waals surface area contributed by atoms with Crippen molar-refractivity contribution in [3.05, 3.63) is 71.8 Å². The summed E-state index contributed by atoms with van der Waals surface area (Å²) >= 11 is 0. The van der Waals surface area contributed by atoms with Gasteiger partial charge in [0.15, 0.2) is 11.8 Å². The monoisotopic (exact) mass is 520 g/mol. The lowest BCUT2D eigenvalue weighted by Gasteiger charge is -2.58. The Labute approximate surface area is 217 Å². The van der Waals surface area contributed by atoms with Crippen LogP contribution in [-0.2, 0) is 38.1 Å². The Bertz CT molecular complexity index is 1270. The summed E-state index contributed by atoms with van der Waals surface area (Å²) in [6.07, 6.45) is 2.38. The lowest BCUT2D eigenvalue weighted by atomic mass is 9.47. The number of carbonyl (C=O) groups is 4. The van der Waals surface area contributed by atoms with E-state index >= 15 is 0 Å². The Hall–Kier alpha value is -4.60. The van der Waals surface area contributed by atoms with Gasteiger partial charge in [-0.05, 0) is 48.5 Å². The lowest BCUT2D eigenvalue weighted by Crippen LogP contribution is -2.82. The fraction of sp³-hybridized carbons (Fsp3) is 0.286. The number of methoxy groups -OCH3 is 4. The highest BCUT2D eigenvalue weighted by Crippen LogP contribution is 2.64. The van der Waals surface area contributed by atoms with Crippen LogP contribution in [-0.4, -0.2) is 63.1 Å². The zero-order chi connectivity index (χ0) is 27.2. The minimum atomic E-state index is -2.10. The van der Waals surface area contributed by atoms with Crippen LogP contribution in [0.15, 0.2) is 60.7 Å². The maximum atomic E-state index is 13.6. The molecule has 38 heavy (non-hydrogen) atoms. The molecule has 0 atom stereocenters. The van der Waals surface area contributed by atoms with Gasteiger partial charge in [0.05, 0.1) is 28.4 Å². The number of hydrogen-bond donors (Lipinski definition) is 0. The molecule has 0 saturated heterocycles. The van der Waals surface area contributed by atoms with E-state index in [0.29, 0.717) is 22.6 Å². The third kappa shape index (κ3) is 3.33. The number of esters is 2. The topological polar surface area (TPSA) is 124 Å². The van der Waals surface area contributed by atoms with Crippen molar-refractivity contribution in [2.75, 3.05) is 28.4 Å². The lowest BCUT2D eigenvalue weighted by molar-refractivity contribution is -0.254. The van der Waals surface area contributed by atoms with E-state index in [1.807, 2.05) is 0 Å². The van der Waals surface area contributed by atoms with Crippen molar-refractivity contribution in [1.29, 1.82) is 0 Å². The Kier molecular flexibility index (Phi) is 5.97. The molecule has 10 nitrogen and oxygen atoms in total. The Morgan fingerprint density at radius 1 is 0.632 bits per heavy atom. The van der Waals surface area contributed by atoms with E-state index in [-0.39, 0.29) is 11.5 Å². The van der Waals surface area contributed by atoms with Crippen LogP contribution in [0.25, 0.3) is 11.5 Å². The molecule has 0 aromatic heterocycles. The molecule has 196 valence electrons. The van der Waals surface area contributed by atoms with Crippen LogP contribution in [0.1, 0.15) is 11.1 Å². The van der Waals surface area contributed by atoms with Gasteiger partial charge in [-0.2, -0.15) is 0 Å². The fourth-order valence-corrected chi connectivity index (χ4v) is 5.40. The zero-order valence-corrected chi connectivity index (χ0v) is 21.0. The zero-order valence-electron chi connectivity index (χ0n) is 21.0. The molecule has 1 fully saturated rings. The average molecular weight is 520 g/mol. The molecule has 2 spiro atoms. The third-order valence-electron chi connectivity index (χ3n) is 7.19. The second-order valence-electron chi connectivity index (χ2n) is 8.91. The molecule has 0 N–H and O–H groups in total. The second kappa shape index (κ2) is 9.05. The summed E-state index contributed by atoms with van der Waals surface area (Å²) in [6.45, 7) is 0. The standard InChI is InChI=1S/C28H24O10/c1-33-17-9-5-15(6-10-17)19-13-21(29)27(37-19)23(25(31)35-3)28(24(27)26(32)36-4)22(30)14-20(38-28)16-7-11-18(34-2)12-8-16/h5-14,23-24H,1-4H3. The molecule has 2 aromatic carbocycles. The van der Waals surface area contributed by atoms with Crippen molar-refractivity contribution < 1.29 is 47.6 Å². The number of hydrogen-bond acceptors (Lipinski definition) is 10. The Morgan fingerprint density at radius 2 is 0.974 bits per heavy atom. The third-order valence-corrected chi connectivity index (χ3v) is 7.19. The van der Waals surface area contributed by atoms with E-state index in [4.69, 9.17) is 28.4 Å². The van der Waals surface area contributed by atoms with Gasteiger partial charge in [-0.25, -0.2) is 0 Å². The number of benzene rings is 2. The molecule has 1 aliphatic carbocycles. The van der Waals surface area contributed by atoms with E-state index in [1.54, 1.807) is 48.5 Å². The quantitative estimate of drug-likeness (QED) is 0.525. The van der Waals surface area contributed by atoms with Crippen LogP contribution in [0, 0.1) is 11.8 Å². The van der Waals surface area contributed by atoms with E-state index < -0.39 is 46.5 Å². The summed E-state index contributed by atoms with van der Waals surface area (Å²) in [7, 11) is 5.26. The number of ketones is 2. The minimum absolute atomic E-state index is 0.115. The van der Waals surface area contributed by atoms with Crippen molar-refractivity contribution in [2.24, 2.45) is 11.8 Å². The van der Waals surface area contributed by atoms with Crippen LogP contribution in [0.3, 0.4) is 0 Å². The smallest absolute Gasteiger partial charge is 0.317 e. The van der Waals surface area contributed by atoms with Gasteiger partial charge < -0.3 is 28.4 Å². The predicted molar refractivity (Wildman–Crippen MR) is 131 cm³/mol. The van der Waals surface area contributed by atoms with Crippen LogP contribution in [0.5, 0.6) is 11.5 Å². The molecule has 0 radical (unpaired) electrons. The van der Waals surface area contributed by atoms with Crippen LogP contribution in [0.4, 0.5) is 0 Å². The summed E-state index contributed by atoms with van der Waals surface area (Å²) in [6, 6.07) is 13.3. The van der Waals surface area contributed by atoms with Gasteiger partial charge in [0.2, 0.25) is 22.8 Å². The SMILES string of the molecule is COC(=O)C1C2(OC(c3ccc(OC)cc3)=CC2=O)C(C(=O)OC)C12OC(c1ccc(OC)cc1)=CC2=O. The maximum Gasteiger partial charge on any atom is 0.317 e. The maximum absolute atomic E-state index is 13.6. The van der Waals surface area contributed by atoms with Crippen molar-refractivity contribution in [2.45, 2.75) is 11.2 Å². The number of ether oxygens (including phenoxy) is 6. The van der Waals surface area contributed by atoms with E-state index in [9.17, 15) is 19.2 Å². The number of rotatable bonds is 6. The van der Waals surface area contributed by atoms with Crippen LogP contribution < -0.4 is 9.47 Å². The molecular weight excluding hydrogens is 496 g/mol. The Balaban J connectivity index is 1.57. The first-order valence-corrected chi connectivity index (χ1v) is 11.6. The van der Waals surface area contributed by atoms with Gasteiger partial charge in [0.25, 0.3) is 0 Å². The normalized spacial score (nSPS) is 27.2. The molecule has 2 aliphatic heterocycles. The summed E-state index contributed by atoms with van der Waals surface area (Å²) in [5.74, 6) is -5.06. The molecule has 2 aromatic rings. The molecule has 1 saturated carbocycles. The Morgan fingerprint density at radius 3 is 1.26 bits per heavy atom. The summed E-state index contributed by atoms with van der Waals surface area (Å²) < 4.78 is 32.6. The highest BCUT2D eigenvalue weighted by atomic mass is 16.6. The molecule has 0 unspecified atom stereocenters. The summed E-state index contributed by atoms with van der Waals surface area (Å²) in [5, 5.41) is 0. The molecule has 2 heterocycles. The number of carbonyl (C=O) groups excluding carboxylic acids is 4. The van der Waals surface area contributed by atoms with Crippen LogP contribution in [0.2, 0.25) is 0 Å². The molecule has 0 amide bonds. The van der Waals surface area contributed by atoms with Crippen molar-refractivity contribution in [3.63, 3.8) is 0 Å². The van der Waals surface area contributed by atoms with Gasteiger partial charge in [0, 0.05) is 23.3 Å². The average Bonchev–Trinajstić information content (AvgIpc) is 3.48. The second-order valence-corrected chi connectivity index (χ2v) is 8.91. The van der Waals surface area contributed by atoms with Gasteiger partial charge in [-0.15, -0.1) is 0 Å². The molecule has 5 rings (SSSR count). The molecule has 10 heteroatoms.